The van der Waals surface area contributed by atoms with E-state index in [9.17, 15) is 19.7 Å². The van der Waals surface area contributed by atoms with Crippen molar-refractivity contribution in [2.24, 2.45) is 5.92 Å². The molecule has 2 rings (SSSR count). The van der Waals surface area contributed by atoms with Crippen molar-refractivity contribution in [2.75, 3.05) is 12.4 Å². The van der Waals surface area contributed by atoms with Gasteiger partial charge in [0.2, 0.25) is 0 Å². The molecule has 1 fully saturated rings. The number of nitrogens with zero attached hydrogens (tertiary/aromatic N) is 1. The van der Waals surface area contributed by atoms with E-state index in [1.165, 1.54) is 45.1 Å². The lowest BCUT2D eigenvalue weighted by Crippen LogP contribution is -2.30. The second-order valence-electron chi connectivity index (χ2n) is 6.45. The van der Waals surface area contributed by atoms with Crippen molar-refractivity contribution in [1.82, 2.24) is 0 Å². The molecule has 8 nitrogen and oxygen atoms in total. The maximum Gasteiger partial charge on any atom is 0.306 e. The molecule has 1 aromatic rings. The van der Waals surface area contributed by atoms with Crippen LogP contribution >= 0.6 is 0 Å². The first kappa shape index (κ1) is 19.7. The third-order valence-electron chi connectivity index (χ3n) is 4.56. The van der Waals surface area contributed by atoms with E-state index in [0.717, 1.165) is 19.3 Å². The molecule has 1 aliphatic rings. The van der Waals surface area contributed by atoms with E-state index in [0.29, 0.717) is 12.3 Å². The summed E-state index contributed by atoms with van der Waals surface area (Å²) in [6, 6.07) is 3.85. The van der Waals surface area contributed by atoms with Gasteiger partial charge in [0, 0.05) is 12.5 Å². The van der Waals surface area contributed by atoms with E-state index in [2.05, 4.69) is 5.32 Å². The summed E-state index contributed by atoms with van der Waals surface area (Å²) in [5.41, 5.74) is 0.128. The molecular weight excluding hydrogens is 340 g/mol. The maximum atomic E-state index is 12.2. The number of amides is 1. The number of methoxy groups -OCH3 is 1. The zero-order valence-corrected chi connectivity index (χ0v) is 15.0. The average molecular weight is 364 g/mol. The number of hydrogen-bond acceptors (Lipinski definition) is 6. The fourth-order valence-corrected chi connectivity index (χ4v) is 3.06. The van der Waals surface area contributed by atoms with Gasteiger partial charge in [-0.25, -0.2) is 0 Å². The highest BCUT2D eigenvalue weighted by Crippen LogP contribution is 2.30. The van der Waals surface area contributed by atoms with Gasteiger partial charge < -0.3 is 14.8 Å². The Labute approximate surface area is 152 Å². The van der Waals surface area contributed by atoms with E-state index < -0.39 is 22.9 Å². The van der Waals surface area contributed by atoms with Gasteiger partial charge in [0.05, 0.1) is 23.8 Å². The molecule has 142 valence electrons. The van der Waals surface area contributed by atoms with Crippen LogP contribution in [0.4, 0.5) is 11.4 Å². The predicted molar refractivity (Wildman–Crippen MR) is 95.0 cm³/mol. The zero-order valence-electron chi connectivity index (χ0n) is 15.0. The number of ether oxygens (including phenoxy) is 2. The Morgan fingerprint density at radius 1 is 1.35 bits per heavy atom. The highest BCUT2D eigenvalue weighted by atomic mass is 16.6. The Hall–Kier alpha value is -2.64. The highest BCUT2D eigenvalue weighted by molar-refractivity contribution is 5.96. The molecule has 0 radical (unpaired) electrons. The standard InChI is InChI=1S/C18H24N2O6/c1-12(26-17(21)10-7-13-5-3-4-6-13)18(22)19-15-9-8-14(20(23)24)11-16(15)25-2/h8-9,11-13H,3-7,10H2,1-2H3,(H,19,22)/t12-/m0/s1. The van der Waals surface area contributed by atoms with Crippen molar-refractivity contribution in [3.05, 3.63) is 28.3 Å². The summed E-state index contributed by atoms with van der Waals surface area (Å²) >= 11 is 0. The van der Waals surface area contributed by atoms with Gasteiger partial charge in [0.1, 0.15) is 5.75 Å². The lowest BCUT2D eigenvalue weighted by atomic mass is 10.0. The molecule has 1 atom stereocenters. The molecule has 1 amide bonds. The molecule has 1 saturated carbocycles. The minimum Gasteiger partial charge on any atom is -0.494 e. The number of non-ortho nitro benzene ring substituents is 1. The number of nitrogens with one attached hydrogen (secondary N) is 1. The van der Waals surface area contributed by atoms with Crippen molar-refractivity contribution in [1.29, 1.82) is 0 Å². The quantitative estimate of drug-likeness (QED) is 0.430. The Morgan fingerprint density at radius 2 is 2.04 bits per heavy atom. The molecule has 0 aromatic heterocycles. The van der Waals surface area contributed by atoms with Crippen LogP contribution in [0.5, 0.6) is 5.75 Å². The Balaban J connectivity index is 1.87. The number of anilines is 1. The number of nitro groups is 1. The van der Waals surface area contributed by atoms with Gasteiger partial charge in [-0.3, -0.25) is 19.7 Å². The zero-order chi connectivity index (χ0) is 19.1. The molecule has 0 aliphatic heterocycles. The Morgan fingerprint density at radius 3 is 2.65 bits per heavy atom. The summed E-state index contributed by atoms with van der Waals surface area (Å²) in [5, 5.41) is 13.4. The fraction of sp³-hybridized carbons (Fsp3) is 0.556. The first-order valence-corrected chi connectivity index (χ1v) is 8.73. The number of rotatable bonds is 8. The van der Waals surface area contributed by atoms with Gasteiger partial charge in [-0.1, -0.05) is 25.7 Å². The molecule has 0 unspecified atom stereocenters. The van der Waals surface area contributed by atoms with E-state index in [1.54, 1.807) is 0 Å². The van der Waals surface area contributed by atoms with Gasteiger partial charge >= 0.3 is 5.97 Å². The topological polar surface area (TPSA) is 108 Å². The van der Waals surface area contributed by atoms with Crippen LogP contribution in [0.25, 0.3) is 0 Å². The highest BCUT2D eigenvalue weighted by Gasteiger charge is 2.22. The predicted octanol–water partition coefficient (Wildman–Crippen LogP) is 3.44. The van der Waals surface area contributed by atoms with Crippen molar-refractivity contribution in [3.8, 4) is 5.75 Å². The lowest BCUT2D eigenvalue weighted by Gasteiger charge is -2.15. The fourth-order valence-electron chi connectivity index (χ4n) is 3.06. The summed E-state index contributed by atoms with van der Waals surface area (Å²) in [6.07, 6.45) is 4.88. The SMILES string of the molecule is COc1cc([N+](=O)[O-])ccc1NC(=O)[C@H](C)OC(=O)CCC1CCCC1. The lowest BCUT2D eigenvalue weighted by molar-refractivity contribution is -0.384. The minimum atomic E-state index is -0.967. The van der Waals surface area contributed by atoms with Gasteiger partial charge in [-0.2, -0.15) is 0 Å². The molecular formula is C18H24N2O6. The Kier molecular flexibility index (Phi) is 6.94. The summed E-state index contributed by atoms with van der Waals surface area (Å²) in [5.74, 6) is -0.176. The van der Waals surface area contributed by atoms with Gasteiger partial charge in [-0.05, 0) is 25.3 Å². The number of benzene rings is 1. The first-order valence-electron chi connectivity index (χ1n) is 8.73. The number of carbonyl (C=O) groups is 2. The third-order valence-corrected chi connectivity index (χ3v) is 4.56. The maximum absolute atomic E-state index is 12.2. The van der Waals surface area contributed by atoms with E-state index >= 15 is 0 Å². The summed E-state index contributed by atoms with van der Waals surface area (Å²) in [4.78, 5) is 34.4. The second-order valence-corrected chi connectivity index (χ2v) is 6.45. The normalized spacial score (nSPS) is 15.3. The first-order chi connectivity index (χ1) is 12.4. The molecule has 1 N–H and O–H groups in total. The molecule has 0 spiro atoms. The summed E-state index contributed by atoms with van der Waals surface area (Å²) in [6.45, 7) is 1.49. The van der Waals surface area contributed by atoms with Crippen LogP contribution in [0.1, 0.15) is 45.4 Å². The smallest absolute Gasteiger partial charge is 0.306 e. The monoisotopic (exact) mass is 364 g/mol. The van der Waals surface area contributed by atoms with Crippen LogP contribution in [0.15, 0.2) is 18.2 Å². The van der Waals surface area contributed by atoms with Gasteiger partial charge in [0.15, 0.2) is 6.10 Å². The second kappa shape index (κ2) is 9.17. The molecule has 0 bridgehead atoms. The van der Waals surface area contributed by atoms with Crippen molar-refractivity contribution >= 4 is 23.3 Å². The van der Waals surface area contributed by atoms with Crippen LogP contribution in [0.3, 0.4) is 0 Å². The van der Waals surface area contributed by atoms with Crippen molar-refractivity contribution in [2.45, 2.75) is 51.6 Å². The van der Waals surface area contributed by atoms with Crippen molar-refractivity contribution in [3.63, 3.8) is 0 Å². The number of hydrogen-bond donors (Lipinski definition) is 1. The molecule has 0 heterocycles. The molecule has 1 aliphatic carbocycles. The van der Waals surface area contributed by atoms with E-state index in [-0.39, 0.29) is 17.1 Å². The summed E-state index contributed by atoms with van der Waals surface area (Å²) in [7, 11) is 1.35. The summed E-state index contributed by atoms with van der Waals surface area (Å²) < 4.78 is 10.2. The van der Waals surface area contributed by atoms with E-state index in [1.807, 2.05) is 0 Å². The molecule has 1 aromatic carbocycles. The van der Waals surface area contributed by atoms with E-state index in [4.69, 9.17) is 9.47 Å². The van der Waals surface area contributed by atoms with Crippen LogP contribution in [0.2, 0.25) is 0 Å². The largest absolute Gasteiger partial charge is 0.494 e. The van der Waals surface area contributed by atoms with Gasteiger partial charge in [0.25, 0.3) is 11.6 Å². The van der Waals surface area contributed by atoms with Crippen LogP contribution in [-0.4, -0.2) is 30.0 Å². The Bertz CT molecular complexity index is 670. The third kappa shape index (κ3) is 5.44. The molecule has 0 saturated heterocycles. The van der Waals surface area contributed by atoms with Gasteiger partial charge in [-0.15, -0.1) is 0 Å². The minimum absolute atomic E-state index is 0.147. The number of nitro benzene ring substituents is 1. The number of carbonyl (C=O) groups excluding carboxylic acids is 2. The molecule has 26 heavy (non-hydrogen) atoms. The van der Waals surface area contributed by atoms with Crippen molar-refractivity contribution < 1.29 is 24.0 Å². The van der Waals surface area contributed by atoms with Crippen LogP contribution in [-0.2, 0) is 14.3 Å². The van der Waals surface area contributed by atoms with Crippen LogP contribution < -0.4 is 10.1 Å². The molecule has 8 heteroatoms. The average Bonchev–Trinajstić information content (AvgIpc) is 3.13. The number of esters is 1. The van der Waals surface area contributed by atoms with Crippen LogP contribution in [0, 0.1) is 16.0 Å².